The van der Waals surface area contributed by atoms with Crippen molar-refractivity contribution in [2.24, 2.45) is 33.8 Å². The molecule has 388 valence electrons. The molecule has 5 amide bonds. The summed E-state index contributed by atoms with van der Waals surface area (Å²) in [5, 5.41) is 51.2. The highest BCUT2D eigenvalue weighted by Gasteiger charge is 2.21. The van der Waals surface area contributed by atoms with Crippen molar-refractivity contribution in [1.82, 2.24) is 21.3 Å². The van der Waals surface area contributed by atoms with E-state index in [0.717, 1.165) is 32.2 Å². The molecule has 1 fully saturated rings. The smallest absolute Gasteiger partial charge is 0.326 e. The number of aliphatic hydroxyl groups excluding tert-OH is 1. The van der Waals surface area contributed by atoms with Crippen molar-refractivity contribution in [3.05, 3.63) is 47.0 Å². The molecule has 0 spiro atoms. The van der Waals surface area contributed by atoms with Crippen LogP contribution in [0.5, 0.6) is 0 Å². The summed E-state index contributed by atoms with van der Waals surface area (Å²) in [5.41, 5.74) is 22.9. The van der Waals surface area contributed by atoms with Crippen LogP contribution in [-0.4, -0.2) is 126 Å². The van der Waals surface area contributed by atoms with E-state index in [1.165, 1.54) is 37.4 Å². The molecule has 67 heavy (non-hydrogen) atoms. The predicted octanol–water partition coefficient (Wildman–Crippen LogP) is 3.14. The molecule has 2 rings (SSSR count). The number of amides is 5. The van der Waals surface area contributed by atoms with Gasteiger partial charge in [-0.15, -0.1) is 0 Å². The van der Waals surface area contributed by atoms with Crippen LogP contribution in [0.2, 0.25) is 0 Å². The van der Waals surface area contributed by atoms with E-state index in [0.29, 0.717) is 37.8 Å². The van der Waals surface area contributed by atoms with Gasteiger partial charge >= 0.3 is 29.9 Å². The minimum absolute atomic E-state index is 0.0557. The Labute approximate surface area is 397 Å². The number of aryl methyl sites for hydroxylation is 2. The van der Waals surface area contributed by atoms with E-state index in [-0.39, 0.29) is 36.7 Å². The van der Waals surface area contributed by atoms with Crippen molar-refractivity contribution in [3.63, 3.8) is 0 Å². The number of guanidine groups is 1. The Morgan fingerprint density at radius 1 is 0.851 bits per heavy atom. The fourth-order valence-electron chi connectivity index (χ4n) is 4.72. The molecule has 2 unspecified atom stereocenters. The van der Waals surface area contributed by atoms with Crippen molar-refractivity contribution >= 4 is 54.1 Å². The molecule has 0 bridgehead atoms. The molecule has 0 aromatic heterocycles. The zero-order chi connectivity index (χ0) is 53.2. The first kappa shape index (κ1) is 72.5. The van der Waals surface area contributed by atoms with Gasteiger partial charge in [0.2, 0.25) is 18.2 Å². The zero-order valence-corrected chi connectivity index (χ0v) is 41.3. The molecule has 0 saturated heterocycles. The van der Waals surface area contributed by atoms with Crippen molar-refractivity contribution in [3.8, 4) is 0 Å². The average Bonchev–Trinajstić information content (AvgIpc) is 3.27. The molecule has 1 saturated carbocycles. The van der Waals surface area contributed by atoms with Crippen LogP contribution in [0.3, 0.4) is 0 Å². The number of carboxylic acid groups (broad SMARTS) is 4. The maximum atomic E-state index is 11.1. The maximum Gasteiger partial charge on any atom is 0.326 e. The van der Waals surface area contributed by atoms with E-state index in [2.05, 4.69) is 66.4 Å². The Bertz CT molecular complexity index is 1510. The molecule has 22 heteroatoms. The predicted molar refractivity (Wildman–Crippen MR) is 261 cm³/mol. The quantitative estimate of drug-likeness (QED) is 0.0293. The topological polar surface area (TPSA) is 402 Å². The van der Waals surface area contributed by atoms with Crippen LogP contribution < -0.4 is 44.2 Å². The minimum atomic E-state index is -1.39. The molecule has 1 aliphatic carbocycles. The number of benzene rings is 1. The number of aliphatic carboxylic acids is 4. The number of primary amides is 1. The first-order valence-electron chi connectivity index (χ1n) is 22.2. The summed E-state index contributed by atoms with van der Waals surface area (Å²) in [6.45, 7) is 14.7. The second kappa shape index (κ2) is 52.5. The van der Waals surface area contributed by atoms with Gasteiger partial charge < -0.3 is 64.4 Å². The molecule has 1 aliphatic rings. The van der Waals surface area contributed by atoms with Gasteiger partial charge in [-0.05, 0) is 93.3 Å². The number of hydrogen-bond acceptors (Lipinski definition) is 12. The second-order valence-electron chi connectivity index (χ2n) is 14.1. The van der Waals surface area contributed by atoms with Gasteiger partial charge in [0.1, 0.15) is 12.6 Å². The SMILES string of the molecule is CC.CC(=CCCN=C(N)N)C(N)=O.CC(O)CCCC(=O)O.CCCCNC.CN.Cc1cccc(C)c1.O=C(O)CCC(NC(=O)NCC(=O)O)C(=O)O.O=CNC(=O)C1CCCCC1. The Hall–Kier alpha value is -6.13. The van der Waals surface area contributed by atoms with Crippen molar-refractivity contribution in [2.75, 3.05) is 33.7 Å². The molecule has 17 N–H and O–H groups in total. The number of aliphatic hydroxyl groups is 1. The van der Waals surface area contributed by atoms with Gasteiger partial charge in [-0.25, -0.2) is 9.59 Å². The van der Waals surface area contributed by atoms with E-state index in [1.807, 2.05) is 31.5 Å². The molecule has 22 nitrogen and oxygen atoms in total. The molecule has 0 radical (unpaired) electrons. The maximum absolute atomic E-state index is 11.1. The first-order valence-corrected chi connectivity index (χ1v) is 22.2. The van der Waals surface area contributed by atoms with Crippen LogP contribution in [0.15, 0.2) is 40.9 Å². The average molecular weight is 960 g/mol. The molecule has 0 heterocycles. The summed E-state index contributed by atoms with van der Waals surface area (Å²) in [6.07, 6.45) is 11.0. The third-order valence-corrected chi connectivity index (χ3v) is 8.06. The van der Waals surface area contributed by atoms with Gasteiger partial charge in [0, 0.05) is 30.9 Å². The van der Waals surface area contributed by atoms with Gasteiger partial charge in [0.05, 0.1) is 6.10 Å². The fourth-order valence-corrected chi connectivity index (χ4v) is 4.72. The second-order valence-corrected chi connectivity index (χ2v) is 14.1. The lowest BCUT2D eigenvalue weighted by molar-refractivity contribution is -0.141. The van der Waals surface area contributed by atoms with Crippen LogP contribution in [0.25, 0.3) is 0 Å². The highest BCUT2D eigenvalue weighted by Crippen LogP contribution is 2.23. The van der Waals surface area contributed by atoms with Crippen molar-refractivity contribution < 1.29 is 63.9 Å². The summed E-state index contributed by atoms with van der Waals surface area (Å²) in [5.74, 6) is -5.03. The number of hydrogen-bond donors (Lipinski definition) is 13. The highest BCUT2D eigenvalue weighted by molar-refractivity contribution is 5.91. The first-order chi connectivity index (χ1) is 31.5. The number of urea groups is 1. The number of imide groups is 1. The van der Waals surface area contributed by atoms with E-state index in [9.17, 15) is 38.4 Å². The lowest BCUT2D eigenvalue weighted by Gasteiger charge is -2.18. The van der Waals surface area contributed by atoms with Crippen LogP contribution in [-0.2, 0) is 33.6 Å². The van der Waals surface area contributed by atoms with E-state index in [4.69, 9.17) is 42.7 Å². The third-order valence-electron chi connectivity index (χ3n) is 8.06. The van der Waals surface area contributed by atoms with E-state index < -0.39 is 54.8 Å². The Kier molecular flexibility index (Phi) is 56.8. The third kappa shape index (κ3) is 62.0. The zero-order valence-electron chi connectivity index (χ0n) is 41.3. The normalized spacial score (nSPS) is 11.8. The molecule has 2 atom stereocenters. The molecular weight excluding hydrogens is 875 g/mol. The van der Waals surface area contributed by atoms with Crippen LogP contribution in [0.1, 0.15) is 129 Å². The summed E-state index contributed by atoms with van der Waals surface area (Å²) in [6, 6.07) is 6.09. The monoisotopic (exact) mass is 960 g/mol. The number of aliphatic imine (C=N–C) groups is 1. The summed E-state index contributed by atoms with van der Waals surface area (Å²) < 4.78 is 0. The van der Waals surface area contributed by atoms with Gasteiger partial charge in [0.25, 0.3) is 0 Å². The Morgan fingerprint density at radius 3 is 1.75 bits per heavy atom. The highest BCUT2D eigenvalue weighted by atomic mass is 16.4. The lowest BCUT2D eigenvalue weighted by atomic mass is 9.89. The van der Waals surface area contributed by atoms with Gasteiger partial charge in [-0.2, -0.15) is 0 Å². The fraction of sp³-hybridized carbons (Fsp3) is 0.622. The number of nitrogens with one attached hydrogen (secondary N) is 4. The van der Waals surface area contributed by atoms with Crippen molar-refractivity contribution in [1.29, 1.82) is 0 Å². The Morgan fingerprint density at radius 2 is 1.39 bits per heavy atom. The molecule has 1 aromatic rings. The molecule has 0 aliphatic heterocycles. The van der Waals surface area contributed by atoms with Crippen LogP contribution in [0.4, 0.5) is 4.79 Å². The number of rotatable bonds is 20. The van der Waals surface area contributed by atoms with E-state index in [1.54, 1.807) is 19.9 Å². The van der Waals surface area contributed by atoms with E-state index >= 15 is 0 Å². The number of nitrogens with two attached hydrogens (primary N) is 4. The lowest BCUT2D eigenvalue weighted by Crippen LogP contribution is -2.47. The van der Waals surface area contributed by atoms with Crippen LogP contribution in [0, 0.1) is 19.8 Å². The van der Waals surface area contributed by atoms with Gasteiger partial charge in [-0.3, -0.25) is 39.1 Å². The molecule has 1 aromatic carbocycles. The van der Waals surface area contributed by atoms with Gasteiger partial charge in [-0.1, -0.05) is 87.9 Å². The largest absolute Gasteiger partial charge is 0.481 e. The number of nitrogens with zero attached hydrogens (tertiary/aromatic N) is 1. The number of carboxylic acids is 4. The van der Waals surface area contributed by atoms with Crippen LogP contribution >= 0.6 is 0 Å². The summed E-state index contributed by atoms with van der Waals surface area (Å²) in [7, 11) is 3.48. The standard InChI is InChI=1S/C8H12N2O7.C8H13NO2.C8H10.C7H14N4O.C6H12O3.C5H13N.C2H6.CH5N/c11-5(12)2-1-4(7(15)16)10-8(17)9-3-6(13)14;10-6-9-8(11)7-4-2-1-3-5-7;1-7-4-3-5-8(2)6-7;1-5(6(8)12)3-2-4-11-7(9)10;1-5(7)3-2-4-6(8)9;1-3-4-5-6-2;2*1-2/h4H,1-3H2,(H,11,12)(H,13,14)(H,15,16)(H2,9,10,17);6-7H,1-5H2,(H,9,10,11);3-6H,1-2H3;3H,2,4H2,1H3,(H2,8,12)(H4,9,10,11);5,7H,2-4H2,1H3,(H,8,9);6H,3-5H2,1-2H3;1-2H3;2H2,1H3. The summed E-state index contributed by atoms with van der Waals surface area (Å²) >= 11 is 0. The minimum Gasteiger partial charge on any atom is -0.481 e. The molecular formula is C45H85N9O13. The van der Waals surface area contributed by atoms with Crippen molar-refractivity contribution in [2.45, 2.75) is 144 Å². The van der Waals surface area contributed by atoms with Gasteiger partial charge in [0.15, 0.2) is 5.96 Å². The number of carbonyl (C=O) groups excluding carboxylic acids is 4. The number of carbonyl (C=O) groups is 8. The summed E-state index contributed by atoms with van der Waals surface area (Å²) in [4.78, 5) is 87.1. The number of unbranched alkanes of at least 4 members (excludes halogenated alkanes) is 1. The Balaban J connectivity index is -0.000000168.